The second-order valence-electron chi connectivity index (χ2n) is 3.24. The molecule has 0 saturated carbocycles. The standard InChI is InChI=1S/C9H15N3O2/c1-2-3-12-6-7(5-11-12)8(10)4-9(13)14/h5-6,8H,2-4,10H2,1H3,(H,13,14). The van der Waals surface area contributed by atoms with Gasteiger partial charge in [0.15, 0.2) is 0 Å². The maximum absolute atomic E-state index is 10.4. The SMILES string of the molecule is CCCn1cc(C(N)CC(=O)O)cn1. The van der Waals surface area contributed by atoms with Crippen LogP contribution in [0.25, 0.3) is 0 Å². The van der Waals surface area contributed by atoms with E-state index in [4.69, 9.17) is 10.8 Å². The molecule has 1 aromatic heterocycles. The van der Waals surface area contributed by atoms with Crippen molar-refractivity contribution in [2.45, 2.75) is 32.4 Å². The molecule has 5 heteroatoms. The first-order chi connectivity index (χ1) is 6.63. The lowest BCUT2D eigenvalue weighted by atomic mass is 10.1. The zero-order valence-electron chi connectivity index (χ0n) is 8.18. The molecule has 0 amide bonds. The fourth-order valence-corrected chi connectivity index (χ4v) is 1.23. The van der Waals surface area contributed by atoms with Crippen LogP contribution in [-0.4, -0.2) is 20.9 Å². The van der Waals surface area contributed by atoms with Gasteiger partial charge in [-0.15, -0.1) is 0 Å². The Kier molecular flexibility index (Phi) is 3.64. The smallest absolute Gasteiger partial charge is 0.305 e. The van der Waals surface area contributed by atoms with E-state index in [9.17, 15) is 4.79 Å². The molecule has 0 fully saturated rings. The third-order valence-electron chi connectivity index (χ3n) is 1.93. The number of aryl methyl sites for hydroxylation is 1. The van der Waals surface area contributed by atoms with Gasteiger partial charge >= 0.3 is 5.97 Å². The van der Waals surface area contributed by atoms with Crippen LogP contribution in [0.2, 0.25) is 0 Å². The van der Waals surface area contributed by atoms with Crippen molar-refractivity contribution in [1.82, 2.24) is 9.78 Å². The van der Waals surface area contributed by atoms with Crippen LogP contribution in [0, 0.1) is 0 Å². The Morgan fingerprint density at radius 1 is 1.79 bits per heavy atom. The number of hydrogen-bond acceptors (Lipinski definition) is 3. The molecule has 0 aromatic carbocycles. The van der Waals surface area contributed by atoms with Gasteiger partial charge in [-0.25, -0.2) is 0 Å². The molecular weight excluding hydrogens is 182 g/mol. The highest BCUT2D eigenvalue weighted by atomic mass is 16.4. The van der Waals surface area contributed by atoms with E-state index in [1.165, 1.54) is 0 Å². The van der Waals surface area contributed by atoms with Crippen molar-refractivity contribution in [3.63, 3.8) is 0 Å². The maximum atomic E-state index is 10.4. The summed E-state index contributed by atoms with van der Waals surface area (Å²) in [7, 11) is 0. The van der Waals surface area contributed by atoms with Gasteiger partial charge < -0.3 is 10.8 Å². The highest BCUT2D eigenvalue weighted by Crippen LogP contribution is 2.12. The Balaban J connectivity index is 2.61. The number of nitrogens with two attached hydrogens (primary N) is 1. The second-order valence-corrected chi connectivity index (χ2v) is 3.24. The molecule has 0 bridgehead atoms. The molecule has 0 aliphatic carbocycles. The predicted octanol–water partition coefficient (Wildman–Crippen LogP) is 0.768. The summed E-state index contributed by atoms with van der Waals surface area (Å²) in [4.78, 5) is 10.4. The molecule has 1 atom stereocenters. The van der Waals surface area contributed by atoms with Crippen LogP contribution in [0.4, 0.5) is 0 Å². The number of carboxylic acid groups (broad SMARTS) is 1. The van der Waals surface area contributed by atoms with Gasteiger partial charge in [-0.2, -0.15) is 5.10 Å². The molecule has 78 valence electrons. The van der Waals surface area contributed by atoms with Crippen molar-refractivity contribution in [3.05, 3.63) is 18.0 Å². The Morgan fingerprint density at radius 3 is 3.07 bits per heavy atom. The quantitative estimate of drug-likeness (QED) is 0.730. The van der Waals surface area contributed by atoms with Crippen molar-refractivity contribution in [3.8, 4) is 0 Å². The van der Waals surface area contributed by atoms with E-state index in [2.05, 4.69) is 12.0 Å². The second kappa shape index (κ2) is 4.76. The summed E-state index contributed by atoms with van der Waals surface area (Å²) >= 11 is 0. The summed E-state index contributed by atoms with van der Waals surface area (Å²) in [5, 5.41) is 12.6. The van der Waals surface area contributed by atoms with Crippen molar-refractivity contribution >= 4 is 5.97 Å². The molecule has 3 N–H and O–H groups in total. The minimum absolute atomic E-state index is 0.0577. The van der Waals surface area contributed by atoms with Crippen molar-refractivity contribution < 1.29 is 9.90 Å². The van der Waals surface area contributed by atoms with Crippen LogP contribution in [0.15, 0.2) is 12.4 Å². The van der Waals surface area contributed by atoms with Crippen molar-refractivity contribution in [2.75, 3.05) is 0 Å². The molecule has 0 saturated heterocycles. The van der Waals surface area contributed by atoms with Crippen LogP contribution in [0.1, 0.15) is 31.4 Å². The maximum Gasteiger partial charge on any atom is 0.305 e. The fraction of sp³-hybridized carbons (Fsp3) is 0.556. The van der Waals surface area contributed by atoms with Gasteiger partial charge in [-0.3, -0.25) is 9.48 Å². The number of aromatic nitrogens is 2. The van der Waals surface area contributed by atoms with E-state index < -0.39 is 12.0 Å². The summed E-state index contributed by atoms with van der Waals surface area (Å²) in [5.41, 5.74) is 6.45. The van der Waals surface area contributed by atoms with Gasteiger partial charge in [-0.05, 0) is 6.42 Å². The third kappa shape index (κ3) is 2.85. The fourth-order valence-electron chi connectivity index (χ4n) is 1.23. The topological polar surface area (TPSA) is 81.1 Å². The lowest BCUT2D eigenvalue weighted by Gasteiger charge is -2.04. The van der Waals surface area contributed by atoms with Gasteiger partial charge in [0.25, 0.3) is 0 Å². The zero-order valence-corrected chi connectivity index (χ0v) is 8.18. The van der Waals surface area contributed by atoms with E-state index in [1.54, 1.807) is 17.1 Å². The number of carbonyl (C=O) groups is 1. The molecule has 0 spiro atoms. The normalized spacial score (nSPS) is 12.7. The Morgan fingerprint density at radius 2 is 2.50 bits per heavy atom. The minimum atomic E-state index is -0.888. The van der Waals surface area contributed by atoms with Gasteiger partial charge in [-0.1, -0.05) is 6.92 Å². The van der Waals surface area contributed by atoms with E-state index in [0.717, 1.165) is 18.5 Å². The third-order valence-corrected chi connectivity index (χ3v) is 1.93. The number of rotatable bonds is 5. The average Bonchev–Trinajstić information content (AvgIpc) is 2.52. The molecule has 0 aliphatic heterocycles. The molecule has 0 aliphatic rings. The Hall–Kier alpha value is -1.36. The van der Waals surface area contributed by atoms with E-state index in [-0.39, 0.29) is 6.42 Å². The van der Waals surface area contributed by atoms with E-state index in [0.29, 0.717) is 0 Å². The lowest BCUT2D eigenvalue weighted by molar-refractivity contribution is -0.137. The Labute approximate surface area is 82.5 Å². The van der Waals surface area contributed by atoms with Crippen LogP contribution < -0.4 is 5.73 Å². The van der Waals surface area contributed by atoms with Crippen LogP contribution >= 0.6 is 0 Å². The molecule has 1 aromatic rings. The van der Waals surface area contributed by atoms with Gasteiger partial charge in [0.1, 0.15) is 0 Å². The molecule has 1 heterocycles. The van der Waals surface area contributed by atoms with Crippen LogP contribution in [-0.2, 0) is 11.3 Å². The van der Waals surface area contributed by atoms with Crippen molar-refractivity contribution in [2.24, 2.45) is 5.73 Å². The van der Waals surface area contributed by atoms with E-state index >= 15 is 0 Å². The summed E-state index contributed by atoms with van der Waals surface area (Å²) in [6.45, 7) is 2.89. The van der Waals surface area contributed by atoms with E-state index in [1.807, 2.05) is 0 Å². The number of nitrogens with zero attached hydrogens (tertiary/aromatic N) is 2. The summed E-state index contributed by atoms with van der Waals surface area (Å²) in [6, 6.07) is -0.460. The monoisotopic (exact) mass is 197 g/mol. The highest BCUT2D eigenvalue weighted by Gasteiger charge is 2.12. The summed E-state index contributed by atoms with van der Waals surface area (Å²) in [5.74, 6) is -0.888. The van der Waals surface area contributed by atoms with Gasteiger partial charge in [0.05, 0.1) is 12.6 Å². The molecule has 0 radical (unpaired) electrons. The molecule has 1 rings (SSSR count). The number of aliphatic carboxylic acids is 1. The minimum Gasteiger partial charge on any atom is -0.481 e. The highest BCUT2D eigenvalue weighted by molar-refractivity contribution is 5.67. The number of carboxylic acids is 1. The largest absolute Gasteiger partial charge is 0.481 e. The lowest BCUT2D eigenvalue weighted by Crippen LogP contribution is -2.14. The summed E-state index contributed by atoms with van der Waals surface area (Å²) in [6.07, 6.45) is 4.37. The summed E-state index contributed by atoms with van der Waals surface area (Å²) < 4.78 is 1.77. The van der Waals surface area contributed by atoms with Crippen LogP contribution in [0.3, 0.4) is 0 Å². The van der Waals surface area contributed by atoms with Gasteiger partial charge in [0, 0.05) is 24.3 Å². The molecular formula is C9H15N3O2. The van der Waals surface area contributed by atoms with Gasteiger partial charge in [0.2, 0.25) is 0 Å². The van der Waals surface area contributed by atoms with Crippen molar-refractivity contribution in [1.29, 1.82) is 0 Å². The molecule has 1 unspecified atom stereocenters. The molecule has 14 heavy (non-hydrogen) atoms. The predicted molar refractivity (Wildman–Crippen MR) is 51.7 cm³/mol. The first-order valence-corrected chi connectivity index (χ1v) is 4.63. The zero-order chi connectivity index (χ0) is 10.6. The van der Waals surface area contributed by atoms with Crippen LogP contribution in [0.5, 0.6) is 0 Å². The average molecular weight is 197 g/mol. The molecule has 5 nitrogen and oxygen atoms in total. The first kappa shape index (κ1) is 10.7. The number of hydrogen-bond donors (Lipinski definition) is 2. The Bertz CT molecular complexity index is 309. The first-order valence-electron chi connectivity index (χ1n) is 4.63.